The topological polar surface area (TPSA) is 47.0 Å². The smallest absolute Gasteiger partial charge is 0.219 e. The lowest BCUT2D eigenvalue weighted by molar-refractivity contribution is 0.322. The van der Waals surface area contributed by atoms with Crippen LogP contribution in [-0.2, 0) is 6.42 Å². The maximum atomic E-state index is 5.53. The van der Waals surface area contributed by atoms with Crippen molar-refractivity contribution < 1.29 is 4.74 Å². The molecule has 0 spiro atoms. The van der Waals surface area contributed by atoms with E-state index in [9.17, 15) is 0 Å². The molecule has 1 N–H and O–H groups in total. The molecule has 19 heavy (non-hydrogen) atoms. The molecule has 0 amide bonds. The zero-order chi connectivity index (χ0) is 14.3. The number of rotatable bonds is 8. The summed E-state index contributed by atoms with van der Waals surface area (Å²) < 4.78 is 5.53. The van der Waals surface area contributed by atoms with Crippen LogP contribution >= 0.6 is 0 Å². The highest BCUT2D eigenvalue weighted by Gasteiger charge is 2.15. The van der Waals surface area contributed by atoms with E-state index in [1.807, 2.05) is 13.8 Å². The Morgan fingerprint density at radius 3 is 2.58 bits per heavy atom. The van der Waals surface area contributed by atoms with Crippen molar-refractivity contribution in [1.82, 2.24) is 15.3 Å². The van der Waals surface area contributed by atoms with Crippen LogP contribution in [0.5, 0.6) is 5.88 Å². The number of hydrogen-bond donors (Lipinski definition) is 1. The van der Waals surface area contributed by atoms with Gasteiger partial charge in [-0.2, -0.15) is 0 Å². The van der Waals surface area contributed by atoms with Gasteiger partial charge in [0.05, 0.1) is 12.3 Å². The molecule has 0 fully saturated rings. The van der Waals surface area contributed by atoms with Gasteiger partial charge in [0.1, 0.15) is 6.33 Å². The van der Waals surface area contributed by atoms with Crippen LogP contribution in [0.1, 0.15) is 45.4 Å². The zero-order valence-corrected chi connectivity index (χ0v) is 12.9. The molecule has 0 aliphatic heterocycles. The van der Waals surface area contributed by atoms with Gasteiger partial charge in [-0.1, -0.05) is 20.8 Å². The zero-order valence-electron chi connectivity index (χ0n) is 12.9. The summed E-state index contributed by atoms with van der Waals surface area (Å²) in [5.74, 6) is 1.39. The molecule has 4 nitrogen and oxygen atoms in total. The van der Waals surface area contributed by atoms with Crippen LogP contribution in [-0.4, -0.2) is 29.2 Å². The summed E-state index contributed by atoms with van der Waals surface area (Å²) in [6, 6.07) is 0.466. The summed E-state index contributed by atoms with van der Waals surface area (Å²) in [4.78, 5) is 8.61. The van der Waals surface area contributed by atoms with E-state index in [-0.39, 0.29) is 0 Å². The monoisotopic (exact) mass is 265 g/mol. The second-order valence-electron chi connectivity index (χ2n) is 5.27. The molecule has 108 valence electrons. The summed E-state index contributed by atoms with van der Waals surface area (Å²) in [6.07, 6.45) is 3.69. The Hall–Kier alpha value is -1.16. The van der Waals surface area contributed by atoms with Gasteiger partial charge < -0.3 is 10.1 Å². The SMILES string of the molecule is CCNC(Cc1ncnc(OCC)c1C)CC(C)C. The van der Waals surface area contributed by atoms with Crippen molar-refractivity contribution in [2.24, 2.45) is 5.92 Å². The summed E-state index contributed by atoms with van der Waals surface area (Å²) in [7, 11) is 0. The van der Waals surface area contributed by atoms with E-state index >= 15 is 0 Å². The standard InChI is InChI=1S/C15H27N3O/c1-6-16-13(8-11(3)4)9-14-12(5)15(19-7-2)18-10-17-14/h10-11,13,16H,6-9H2,1-5H3. The Labute approximate surface area is 117 Å². The molecule has 1 aromatic rings. The first-order valence-corrected chi connectivity index (χ1v) is 7.25. The average Bonchev–Trinajstić information content (AvgIpc) is 2.34. The van der Waals surface area contributed by atoms with Gasteiger partial charge in [-0.15, -0.1) is 0 Å². The van der Waals surface area contributed by atoms with Gasteiger partial charge >= 0.3 is 0 Å². The number of likely N-dealkylation sites (N-methyl/N-ethyl adjacent to an activating group) is 1. The highest BCUT2D eigenvalue weighted by atomic mass is 16.5. The first-order chi connectivity index (χ1) is 9.08. The molecule has 1 atom stereocenters. The molecule has 0 saturated carbocycles. The molecular weight excluding hydrogens is 238 g/mol. The predicted octanol–water partition coefficient (Wildman–Crippen LogP) is 2.75. The molecule has 1 aromatic heterocycles. The van der Waals surface area contributed by atoms with Crippen molar-refractivity contribution in [3.8, 4) is 5.88 Å². The minimum atomic E-state index is 0.466. The van der Waals surface area contributed by atoms with E-state index in [4.69, 9.17) is 4.74 Å². The van der Waals surface area contributed by atoms with Crippen molar-refractivity contribution >= 4 is 0 Å². The van der Waals surface area contributed by atoms with E-state index in [0.29, 0.717) is 24.4 Å². The van der Waals surface area contributed by atoms with E-state index < -0.39 is 0 Å². The maximum Gasteiger partial charge on any atom is 0.219 e. The molecule has 4 heteroatoms. The molecule has 0 aliphatic carbocycles. The van der Waals surface area contributed by atoms with E-state index in [1.54, 1.807) is 6.33 Å². The van der Waals surface area contributed by atoms with Crippen LogP contribution in [0.25, 0.3) is 0 Å². The van der Waals surface area contributed by atoms with E-state index in [2.05, 4.69) is 36.1 Å². The van der Waals surface area contributed by atoms with Gasteiger partial charge in [-0.05, 0) is 32.7 Å². The van der Waals surface area contributed by atoms with Crippen LogP contribution in [0.4, 0.5) is 0 Å². The first-order valence-electron chi connectivity index (χ1n) is 7.25. The fourth-order valence-corrected chi connectivity index (χ4v) is 2.29. The fraction of sp³-hybridized carbons (Fsp3) is 0.733. The average molecular weight is 265 g/mol. The molecule has 0 saturated heterocycles. The second kappa shape index (κ2) is 8.10. The van der Waals surface area contributed by atoms with Crippen molar-refractivity contribution in [2.75, 3.05) is 13.2 Å². The second-order valence-corrected chi connectivity index (χ2v) is 5.27. The predicted molar refractivity (Wildman–Crippen MR) is 78.6 cm³/mol. The Kier molecular flexibility index (Phi) is 6.78. The Bertz CT molecular complexity index is 380. The summed E-state index contributed by atoms with van der Waals surface area (Å²) in [5.41, 5.74) is 2.15. The summed E-state index contributed by atoms with van der Waals surface area (Å²) in [5, 5.41) is 3.54. The molecule has 1 heterocycles. The third-order valence-corrected chi connectivity index (χ3v) is 3.11. The Morgan fingerprint density at radius 2 is 2.00 bits per heavy atom. The number of nitrogens with one attached hydrogen (secondary N) is 1. The largest absolute Gasteiger partial charge is 0.478 e. The minimum Gasteiger partial charge on any atom is -0.478 e. The Balaban J connectivity index is 2.80. The van der Waals surface area contributed by atoms with Gasteiger partial charge in [-0.25, -0.2) is 9.97 Å². The highest BCUT2D eigenvalue weighted by Crippen LogP contribution is 2.19. The lowest BCUT2D eigenvalue weighted by Crippen LogP contribution is -2.32. The number of ether oxygens (including phenoxy) is 1. The lowest BCUT2D eigenvalue weighted by Gasteiger charge is -2.20. The van der Waals surface area contributed by atoms with Crippen molar-refractivity contribution in [3.05, 3.63) is 17.6 Å². The van der Waals surface area contributed by atoms with Crippen molar-refractivity contribution in [3.63, 3.8) is 0 Å². The van der Waals surface area contributed by atoms with Crippen molar-refractivity contribution in [1.29, 1.82) is 0 Å². The number of nitrogens with zero attached hydrogens (tertiary/aromatic N) is 2. The lowest BCUT2D eigenvalue weighted by atomic mass is 9.98. The van der Waals surface area contributed by atoms with Crippen LogP contribution < -0.4 is 10.1 Å². The van der Waals surface area contributed by atoms with Crippen LogP contribution in [0.3, 0.4) is 0 Å². The third kappa shape index (κ3) is 5.15. The van der Waals surface area contributed by atoms with Gasteiger partial charge in [-0.3, -0.25) is 0 Å². The molecule has 0 radical (unpaired) electrons. The number of aromatic nitrogens is 2. The van der Waals surface area contributed by atoms with Crippen LogP contribution in [0.2, 0.25) is 0 Å². The first kappa shape index (κ1) is 15.9. The van der Waals surface area contributed by atoms with Crippen LogP contribution in [0, 0.1) is 12.8 Å². The van der Waals surface area contributed by atoms with Gasteiger partial charge in [0.2, 0.25) is 5.88 Å². The quantitative estimate of drug-likeness (QED) is 0.785. The van der Waals surface area contributed by atoms with E-state index in [1.165, 1.54) is 0 Å². The minimum absolute atomic E-state index is 0.466. The van der Waals surface area contributed by atoms with Gasteiger partial charge in [0, 0.05) is 18.0 Å². The maximum absolute atomic E-state index is 5.53. The highest BCUT2D eigenvalue weighted by molar-refractivity contribution is 5.28. The van der Waals surface area contributed by atoms with E-state index in [0.717, 1.165) is 30.6 Å². The van der Waals surface area contributed by atoms with Crippen molar-refractivity contribution in [2.45, 2.75) is 53.5 Å². The number of hydrogen-bond acceptors (Lipinski definition) is 4. The summed E-state index contributed by atoms with van der Waals surface area (Å²) in [6.45, 7) is 12.3. The van der Waals surface area contributed by atoms with Crippen LogP contribution in [0.15, 0.2) is 6.33 Å². The normalized spacial score (nSPS) is 12.7. The Morgan fingerprint density at radius 1 is 1.26 bits per heavy atom. The molecule has 1 rings (SSSR count). The fourth-order valence-electron chi connectivity index (χ4n) is 2.29. The molecular formula is C15H27N3O. The molecule has 1 unspecified atom stereocenters. The molecule has 0 aliphatic rings. The van der Waals surface area contributed by atoms with Gasteiger partial charge in [0.25, 0.3) is 0 Å². The molecule has 0 bridgehead atoms. The summed E-state index contributed by atoms with van der Waals surface area (Å²) >= 11 is 0. The van der Waals surface area contributed by atoms with Gasteiger partial charge in [0.15, 0.2) is 0 Å². The molecule has 0 aromatic carbocycles. The third-order valence-electron chi connectivity index (χ3n) is 3.11.